The van der Waals surface area contributed by atoms with Gasteiger partial charge in [-0.25, -0.2) is 4.39 Å². The van der Waals surface area contributed by atoms with Crippen LogP contribution in [0.15, 0.2) is 54.6 Å². The van der Waals surface area contributed by atoms with E-state index in [0.717, 1.165) is 39.8 Å². The summed E-state index contributed by atoms with van der Waals surface area (Å²) in [4.78, 5) is 0. The molecule has 0 spiro atoms. The Kier molecular flexibility index (Phi) is 4.81. The van der Waals surface area contributed by atoms with Gasteiger partial charge in [0.1, 0.15) is 18.2 Å². The van der Waals surface area contributed by atoms with E-state index in [2.05, 4.69) is 12.1 Å². The van der Waals surface area contributed by atoms with Gasteiger partial charge in [-0.3, -0.25) is 0 Å². The molecule has 0 saturated heterocycles. The molecule has 4 aliphatic carbocycles. The first kappa shape index (κ1) is 20.3. The van der Waals surface area contributed by atoms with Crippen LogP contribution in [0.2, 0.25) is 0 Å². The van der Waals surface area contributed by atoms with E-state index in [1.165, 1.54) is 56.2 Å². The lowest BCUT2D eigenvalue weighted by Gasteiger charge is -2.57. The molecular weight excluding hydrogens is 402 g/mol. The molecule has 4 bridgehead atoms. The monoisotopic (exact) mass is 430 g/mol. The van der Waals surface area contributed by atoms with E-state index < -0.39 is 7.12 Å². The quantitative estimate of drug-likeness (QED) is 0.577. The second-order valence-electron chi connectivity index (χ2n) is 10.4. The molecule has 32 heavy (non-hydrogen) atoms. The van der Waals surface area contributed by atoms with Crippen molar-refractivity contribution in [3.8, 4) is 5.75 Å². The molecule has 2 N–H and O–H groups in total. The number of ether oxygens (including phenoxy) is 1. The molecule has 0 atom stereocenters. The highest BCUT2D eigenvalue weighted by molar-refractivity contribution is 6.58. The predicted molar refractivity (Wildman–Crippen MR) is 124 cm³/mol. The second kappa shape index (κ2) is 7.60. The fourth-order valence-corrected chi connectivity index (χ4v) is 7.17. The largest absolute Gasteiger partial charge is 0.489 e. The van der Waals surface area contributed by atoms with Gasteiger partial charge >= 0.3 is 7.12 Å². The van der Waals surface area contributed by atoms with Gasteiger partial charge in [-0.05, 0) is 108 Å². The van der Waals surface area contributed by atoms with Gasteiger partial charge in [0.05, 0.1) is 0 Å². The molecule has 164 valence electrons. The van der Waals surface area contributed by atoms with Crippen molar-refractivity contribution >= 4 is 23.4 Å². The summed E-state index contributed by atoms with van der Waals surface area (Å²) < 4.78 is 19.7. The summed E-state index contributed by atoms with van der Waals surface area (Å²) in [6, 6.07) is 16.4. The van der Waals surface area contributed by atoms with E-state index in [-0.39, 0.29) is 11.2 Å². The molecule has 3 nitrogen and oxygen atoms in total. The third-order valence-corrected chi connectivity index (χ3v) is 8.18. The highest BCUT2D eigenvalue weighted by Crippen LogP contribution is 2.62. The van der Waals surface area contributed by atoms with Crippen LogP contribution in [0, 0.1) is 23.6 Å². The van der Waals surface area contributed by atoms with Crippen LogP contribution in [-0.2, 0) is 12.0 Å². The summed E-state index contributed by atoms with van der Waals surface area (Å²) in [5.74, 6) is 3.11. The Morgan fingerprint density at radius 1 is 0.844 bits per heavy atom. The van der Waals surface area contributed by atoms with Crippen molar-refractivity contribution in [2.75, 3.05) is 0 Å². The van der Waals surface area contributed by atoms with Crippen molar-refractivity contribution in [1.82, 2.24) is 0 Å². The lowest BCUT2D eigenvalue weighted by atomic mass is 9.48. The molecule has 5 heteroatoms. The molecule has 0 radical (unpaired) electrons. The van der Waals surface area contributed by atoms with E-state index in [9.17, 15) is 14.4 Å². The minimum absolute atomic E-state index is 0.148. The molecule has 3 aromatic rings. The van der Waals surface area contributed by atoms with Crippen LogP contribution < -0.4 is 10.2 Å². The number of hydrogen-bond acceptors (Lipinski definition) is 3. The molecule has 3 aromatic carbocycles. The van der Waals surface area contributed by atoms with Gasteiger partial charge in [-0.15, -0.1) is 0 Å². The average molecular weight is 430 g/mol. The third kappa shape index (κ3) is 3.52. The van der Waals surface area contributed by atoms with Gasteiger partial charge in [0, 0.05) is 5.56 Å². The first-order valence-electron chi connectivity index (χ1n) is 11.8. The Labute approximate surface area is 188 Å². The smallest absolute Gasteiger partial charge is 0.488 e. The first-order valence-corrected chi connectivity index (χ1v) is 11.8. The van der Waals surface area contributed by atoms with Crippen LogP contribution in [0.25, 0.3) is 10.8 Å². The minimum atomic E-state index is -1.48. The van der Waals surface area contributed by atoms with Crippen molar-refractivity contribution < 1.29 is 19.2 Å². The molecule has 0 aromatic heterocycles. The number of hydrogen-bond donors (Lipinski definition) is 2. The Bertz CT molecular complexity index is 1120. The predicted octanol–water partition coefficient (Wildman–Crippen LogP) is 4.71. The van der Waals surface area contributed by atoms with Crippen LogP contribution in [0.4, 0.5) is 4.39 Å². The number of halogens is 1. The zero-order valence-electron chi connectivity index (χ0n) is 18.1. The summed E-state index contributed by atoms with van der Waals surface area (Å²) in [5, 5.41) is 21.4. The van der Waals surface area contributed by atoms with E-state index in [1.54, 1.807) is 18.2 Å². The fraction of sp³-hybridized carbons (Fsp3) is 0.407. The maximum absolute atomic E-state index is 13.3. The molecule has 4 fully saturated rings. The summed E-state index contributed by atoms with van der Waals surface area (Å²) >= 11 is 0. The summed E-state index contributed by atoms with van der Waals surface area (Å²) in [6.45, 7) is 0.401. The Morgan fingerprint density at radius 2 is 1.50 bits per heavy atom. The average Bonchev–Trinajstić information content (AvgIpc) is 2.77. The van der Waals surface area contributed by atoms with Crippen LogP contribution >= 0.6 is 0 Å². The summed E-state index contributed by atoms with van der Waals surface area (Å²) in [6.07, 6.45) is 7.79. The van der Waals surface area contributed by atoms with E-state index >= 15 is 0 Å². The molecular formula is C27H28BFO3. The van der Waals surface area contributed by atoms with Gasteiger partial charge in [-0.1, -0.05) is 30.3 Å². The molecule has 7 rings (SSSR count). The van der Waals surface area contributed by atoms with Gasteiger partial charge in [0.2, 0.25) is 0 Å². The standard InChI is InChI=1S/C27H28BFO3/c29-24-5-1-17(2-6-24)16-32-26-12-21-3-4-23(28(30)31)10-22(21)11-25(26)27-13-18-7-19(14-27)9-20(8-18)15-27/h1-6,10-12,18-20,30-31H,7-9,13-16H2. The van der Waals surface area contributed by atoms with Crippen molar-refractivity contribution in [3.63, 3.8) is 0 Å². The SMILES string of the molecule is OB(O)c1ccc2cc(OCc3ccc(F)cc3)c(C34CC5CC(CC(C5)C3)C4)cc2c1. The second-order valence-corrected chi connectivity index (χ2v) is 10.4. The highest BCUT2D eigenvalue weighted by Gasteiger charge is 2.52. The van der Waals surface area contributed by atoms with Gasteiger partial charge in [0.15, 0.2) is 0 Å². The normalized spacial score (nSPS) is 28.3. The van der Waals surface area contributed by atoms with Crippen LogP contribution in [0.5, 0.6) is 5.75 Å². The lowest BCUT2D eigenvalue weighted by molar-refractivity contribution is -0.00640. The van der Waals surface area contributed by atoms with Crippen LogP contribution in [0.1, 0.15) is 49.7 Å². The highest BCUT2D eigenvalue weighted by atomic mass is 19.1. The Hall–Kier alpha value is -2.37. The van der Waals surface area contributed by atoms with Gasteiger partial charge in [-0.2, -0.15) is 0 Å². The lowest BCUT2D eigenvalue weighted by Crippen LogP contribution is -2.48. The summed E-state index contributed by atoms with van der Waals surface area (Å²) in [5.41, 5.74) is 2.88. The number of benzene rings is 3. The fourth-order valence-electron chi connectivity index (χ4n) is 7.17. The van der Waals surface area contributed by atoms with E-state index in [0.29, 0.717) is 12.1 Å². The zero-order chi connectivity index (χ0) is 21.9. The molecule has 0 heterocycles. The molecule has 4 saturated carbocycles. The summed E-state index contributed by atoms with van der Waals surface area (Å²) in [7, 11) is -1.48. The van der Waals surface area contributed by atoms with Crippen molar-refractivity contribution in [2.45, 2.75) is 50.5 Å². The first-order chi connectivity index (χ1) is 15.5. The minimum Gasteiger partial charge on any atom is -0.489 e. The maximum atomic E-state index is 13.3. The van der Waals surface area contributed by atoms with Crippen LogP contribution in [0.3, 0.4) is 0 Å². The van der Waals surface area contributed by atoms with Crippen molar-refractivity contribution in [1.29, 1.82) is 0 Å². The Morgan fingerprint density at radius 3 is 2.12 bits per heavy atom. The van der Waals surface area contributed by atoms with Crippen molar-refractivity contribution in [2.24, 2.45) is 17.8 Å². The maximum Gasteiger partial charge on any atom is 0.488 e. The Balaban J connectivity index is 1.43. The zero-order valence-corrected chi connectivity index (χ0v) is 18.1. The van der Waals surface area contributed by atoms with Crippen LogP contribution in [-0.4, -0.2) is 17.2 Å². The van der Waals surface area contributed by atoms with Crippen molar-refractivity contribution in [3.05, 3.63) is 71.5 Å². The number of fused-ring (bicyclic) bond motifs is 1. The molecule has 0 amide bonds. The van der Waals surface area contributed by atoms with E-state index in [1.807, 2.05) is 12.1 Å². The van der Waals surface area contributed by atoms with Gasteiger partial charge in [0.25, 0.3) is 0 Å². The molecule has 4 aliphatic rings. The van der Waals surface area contributed by atoms with Gasteiger partial charge < -0.3 is 14.8 Å². The molecule has 0 aliphatic heterocycles. The van der Waals surface area contributed by atoms with E-state index in [4.69, 9.17) is 4.74 Å². The number of rotatable bonds is 5. The topological polar surface area (TPSA) is 49.7 Å². The molecule has 0 unspecified atom stereocenters. The third-order valence-electron chi connectivity index (χ3n) is 8.18.